The van der Waals surface area contributed by atoms with Crippen molar-refractivity contribution in [2.75, 3.05) is 48.8 Å². The molecule has 31 heavy (non-hydrogen) atoms. The normalized spacial score (nSPS) is 16.2. The van der Waals surface area contributed by atoms with Crippen LogP contribution < -0.4 is 20.3 Å². The zero-order chi connectivity index (χ0) is 21.6. The van der Waals surface area contributed by atoms with Gasteiger partial charge >= 0.3 is 6.03 Å². The molecule has 3 amide bonds. The molecular weight excluding hydrogens is 392 g/mol. The topological polar surface area (TPSA) is 73.9 Å². The van der Waals surface area contributed by atoms with Crippen molar-refractivity contribution in [1.29, 1.82) is 0 Å². The lowest BCUT2D eigenvalue weighted by atomic mass is 10.1. The van der Waals surface area contributed by atoms with Crippen molar-refractivity contribution in [3.8, 4) is 5.75 Å². The first-order chi connectivity index (χ1) is 15.1. The molecule has 2 aromatic rings. The van der Waals surface area contributed by atoms with Gasteiger partial charge in [-0.2, -0.15) is 0 Å². The molecule has 0 aromatic heterocycles. The second-order valence-electron chi connectivity index (χ2n) is 8.09. The number of carbonyl (C=O) groups excluding carboxylic acids is 2. The van der Waals surface area contributed by atoms with Crippen molar-refractivity contribution in [3.63, 3.8) is 0 Å². The van der Waals surface area contributed by atoms with Gasteiger partial charge in [-0.25, -0.2) is 4.79 Å². The Morgan fingerprint density at radius 2 is 1.52 bits per heavy atom. The van der Waals surface area contributed by atoms with E-state index in [1.54, 1.807) is 19.2 Å². The predicted octanol–water partition coefficient (Wildman–Crippen LogP) is 4.57. The lowest BCUT2D eigenvalue weighted by molar-refractivity contribution is 0.0793. The first-order valence-corrected chi connectivity index (χ1v) is 11.0. The number of ether oxygens (including phenoxy) is 1. The number of hydrogen-bond acceptors (Lipinski definition) is 4. The van der Waals surface area contributed by atoms with Crippen molar-refractivity contribution in [2.45, 2.75) is 32.1 Å². The summed E-state index contributed by atoms with van der Waals surface area (Å²) in [6.07, 6.45) is 5.61. The molecule has 0 spiro atoms. The number of amides is 3. The summed E-state index contributed by atoms with van der Waals surface area (Å²) in [5.74, 6) is 0.720. The quantitative estimate of drug-likeness (QED) is 0.741. The second-order valence-corrected chi connectivity index (χ2v) is 8.09. The maximum absolute atomic E-state index is 13.3. The SMILES string of the molecule is COc1cccc(NC(=O)Nc2ccc(N3CCCCC3)c(C(=O)N3CCCC3)c2)c1. The number of piperidine rings is 1. The van der Waals surface area contributed by atoms with Gasteiger partial charge < -0.3 is 25.2 Å². The van der Waals surface area contributed by atoms with Gasteiger partial charge in [0.15, 0.2) is 0 Å². The lowest BCUT2D eigenvalue weighted by Gasteiger charge is -2.31. The minimum atomic E-state index is -0.362. The summed E-state index contributed by atoms with van der Waals surface area (Å²) < 4.78 is 5.20. The van der Waals surface area contributed by atoms with Crippen LogP contribution in [0.25, 0.3) is 0 Å². The monoisotopic (exact) mass is 422 g/mol. The van der Waals surface area contributed by atoms with Crippen LogP contribution in [0.3, 0.4) is 0 Å². The highest BCUT2D eigenvalue weighted by Gasteiger charge is 2.25. The zero-order valence-corrected chi connectivity index (χ0v) is 18.0. The van der Waals surface area contributed by atoms with E-state index in [1.807, 2.05) is 35.2 Å². The highest BCUT2D eigenvalue weighted by molar-refractivity contribution is 6.04. The van der Waals surface area contributed by atoms with Crippen LogP contribution in [0.2, 0.25) is 0 Å². The van der Waals surface area contributed by atoms with Crippen molar-refractivity contribution >= 4 is 29.0 Å². The Morgan fingerprint density at radius 1 is 0.839 bits per heavy atom. The van der Waals surface area contributed by atoms with E-state index in [4.69, 9.17) is 4.74 Å². The molecule has 0 atom stereocenters. The average Bonchev–Trinajstić information content (AvgIpc) is 3.34. The summed E-state index contributed by atoms with van der Waals surface area (Å²) >= 11 is 0. The van der Waals surface area contributed by atoms with Crippen LogP contribution >= 0.6 is 0 Å². The van der Waals surface area contributed by atoms with Crippen molar-refractivity contribution in [1.82, 2.24) is 4.90 Å². The summed E-state index contributed by atoms with van der Waals surface area (Å²) in [5, 5.41) is 5.67. The van der Waals surface area contributed by atoms with Gasteiger partial charge in [-0.15, -0.1) is 0 Å². The number of anilines is 3. The third-order valence-corrected chi connectivity index (χ3v) is 5.90. The Balaban J connectivity index is 1.53. The number of nitrogens with one attached hydrogen (secondary N) is 2. The molecule has 0 bridgehead atoms. The Kier molecular flexibility index (Phi) is 6.60. The van der Waals surface area contributed by atoms with E-state index in [0.29, 0.717) is 22.7 Å². The van der Waals surface area contributed by atoms with Crippen LogP contribution in [-0.4, -0.2) is 50.1 Å². The lowest BCUT2D eigenvalue weighted by Crippen LogP contribution is -2.34. The van der Waals surface area contributed by atoms with Crippen LogP contribution in [0.4, 0.5) is 21.9 Å². The molecule has 2 saturated heterocycles. The molecule has 164 valence electrons. The molecule has 2 fully saturated rings. The van der Waals surface area contributed by atoms with Crippen molar-refractivity contribution < 1.29 is 14.3 Å². The standard InChI is InChI=1S/C24H30N4O3/c1-31-20-9-7-8-18(16-20)25-24(30)26-19-10-11-22(27-12-3-2-4-13-27)21(17-19)23(29)28-14-5-6-15-28/h7-11,16-17H,2-6,12-15H2,1H3,(H2,25,26,30). The summed E-state index contributed by atoms with van der Waals surface area (Å²) in [7, 11) is 1.59. The van der Waals surface area contributed by atoms with E-state index in [1.165, 1.54) is 6.42 Å². The van der Waals surface area contributed by atoms with E-state index >= 15 is 0 Å². The van der Waals surface area contributed by atoms with E-state index in [2.05, 4.69) is 15.5 Å². The van der Waals surface area contributed by atoms with Crippen LogP contribution in [0, 0.1) is 0 Å². The summed E-state index contributed by atoms with van der Waals surface area (Å²) in [4.78, 5) is 30.0. The Hall–Kier alpha value is -3.22. The molecule has 2 aliphatic rings. The van der Waals surface area contributed by atoms with Gasteiger partial charge in [-0.1, -0.05) is 6.07 Å². The van der Waals surface area contributed by atoms with Gasteiger partial charge in [0, 0.05) is 49.3 Å². The third-order valence-electron chi connectivity index (χ3n) is 5.90. The van der Waals surface area contributed by atoms with Crippen LogP contribution in [0.5, 0.6) is 5.75 Å². The fraction of sp³-hybridized carbons (Fsp3) is 0.417. The molecule has 0 radical (unpaired) electrons. The van der Waals surface area contributed by atoms with Gasteiger partial charge in [0.2, 0.25) is 0 Å². The second kappa shape index (κ2) is 9.73. The first kappa shape index (κ1) is 21.0. The van der Waals surface area contributed by atoms with Crippen LogP contribution in [0.1, 0.15) is 42.5 Å². The molecule has 2 aromatic carbocycles. The molecule has 4 rings (SSSR count). The summed E-state index contributed by atoms with van der Waals surface area (Å²) in [5.41, 5.74) is 2.87. The van der Waals surface area contributed by atoms with E-state index < -0.39 is 0 Å². The van der Waals surface area contributed by atoms with E-state index in [0.717, 1.165) is 57.5 Å². The van der Waals surface area contributed by atoms with Gasteiger partial charge in [0.25, 0.3) is 5.91 Å². The van der Waals surface area contributed by atoms with Crippen LogP contribution in [-0.2, 0) is 0 Å². The molecule has 0 saturated carbocycles. The molecule has 0 aliphatic carbocycles. The maximum Gasteiger partial charge on any atom is 0.323 e. The number of rotatable bonds is 5. The number of methoxy groups -OCH3 is 1. The molecule has 2 aliphatic heterocycles. The van der Waals surface area contributed by atoms with Gasteiger partial charge in [-0.05, 0) is 62.4 Å². The highest BCUT2D eigenvalue weighted by Crippen LogP contribution is 2.29. The van der Waals surface area contributed by atoms with Gasteiger partial charge in [0.05, 0.1) is 12.7 Å². The van der Waals surface area contributed by atoms with E-state index in [9.17, 15) is 9.59 Å². The minimum Gasteiger partial charge on any atom is -0.497 e. The number of carbonyl (C=O) groups is 2. The Morgan fingerprint density at radius 3 is 2.23 bits per heavy atom. The summed E-state index contributed by atoms with van der Waals surface area (Å²) in [6.45, 7) is 3.52. The molecule has 2 heterocycles. The largest absolute Gasteiger partial charge is 0.497 e. The van der Waals surface area contributed by atoms with E-state index in [-0.39, 0.29) is 11.9 Å². The smallest absolute Gasteiger partial charge is 0.323 e. The molecular formula is C24H30N4O3. The van der Waals surface area contributed by atoms with Crippen molar-refractivity contribution in [2.24, 2.45) is 0 Å². The number of nitrogens with zero attached hydrogens (tertiary/aromatic N) is 2. The minimum absolute atomic E-state index is 0.0509. The third kappa shape index (κ3) is 5.10. The maximum atomic E-state index is 13.3. The Bertz CT molecular complexity index is 934. The predicted molar refractivity (Wildman–Crippen MR) is 123 cm³/mol. The fourth-order valence-electron chi connectivity index (χ4n) is 4.28. The Labute approximate surface area is 183 Å². The first-order valence-electron chi connectivity index (χ1n) is 11.0. The number of hydrogen-bond donors (Lipinski definition) is 2. The van der Waals surface area contributed by atoms with Crippen LogP contribution in [0.15, 0.2) is 42.5 Å². The number of urea groups is 1. The van der Waals surface area contributed by atoms with Gasteiger partial charge in [-0.3, -0.25) is 4.79 Å². The molecule has 7 nitrogen and oxygen atoms in total. The summed E-state index contributed by atoms with van der Waals surface area (Å²) in [6, 6.07) is 12.5. The molecule has 0 unspecified atom stereocenters. The molecule has 2 N–H and O–H groups in total. The average molecular weight is 423 g/mol. The molecule has 7 heteroatoms. The zero-order valence-electron chi connectivity index (χ0n) is 18.0. The number of benzene rings is 2. The van der Waals surface area contributed by atoms with Gasteiger partial charge in [0.1, 0.15) is 5.75 Å². The number of likely N-dealkylation sites (tertiary alicyclic amines) is 1. The fourth-order valence-corrected chi connectivity index (χ4v) is 4.28. The highest BCUT2D eigenvalue weighted by atomic mass is 16.5. The van der Waals surface area contributed by atoms with Crippen molar-refractivity contribution in [3.05, 3.63) is 48.0 Å².